The van der Waals surface area contributed by atoms with Crippen LogP contribution >= 0.6 is 11.6 Å². The average Bonchev–Trinajstić information content (AvgIpc) is 3.03. The van der Waals surface area contributed by atoms with E-state index in [1.54, 1.807) is 17.0 Å². The molecular formula is C17H22ClN3O4. The van der Waals surface area contributed by atoms with E-state index >= 15 is 0 Å². The fraction of sp³-hybridized carbons (Fsp3) is 0.529. The number of amides is 2. The maximum atomic E-state index is 12.7. The Kier molecular flexibility index (Phi) is 5.34. The maximum Gasteiger partial charge on any atom is 0.254 e. The van der Waals surface area contributed by atoms with Crippen LogP contribution in [0.15, 0.2) is 12.1 Å². The predicted octanol–water partition coefficient (Wildman–Crippen LogP) is 1.35. The van der Waals surface area contributed by atoms with Gasteiger partial charge in [0.1, 0.15) is 0 Å². The van der Waals surface area contributed by atoms with Crippen LogP contribution in [-0.4, -0.2) is 67.2 Å². The van der Waals surface area contributed by atoms with Gasteiger partial charge in [0.2, 0.25) is 12.7 Å². The highest BCUT2D eigenvalue weighted by Crippen LogP contribution is 2.40. The van der Waals surface area contributed by atoms with Crippen LogP contribution in [0.3, 0.4) is 0 Å². The van der Waals surface area contributed by atoms with Crippen molar-refractivity contribution in [1.82, 2.24) is 15.1 Å². The van der Waals surface area contributed by atoms with Crippen LogP contribution in [0, 0.1) is 0 Å². The van der Waals surface area contributed by atoms with Crippen LogP contribution in [0.4, 0.5) is 0 Å². The lowest BCUT2D eigenvalue weighted by molar-refractivity contribution is -0.123. The summed E-state index contributed by atoms with van der Waals surface area (Å²) in [5.41, 5.74) is 0.486. The van der Waals surface area contributed by atoms with Gasteiger partial charge in [0.05, 0.1) is 11.6 Å². The first kappa shape index (κ1) is 17.8. The lowest BCUT2D eigenvalue weighted by Gasteiger charge is -2.34. The summed E-state index contributed by atoms with van der Waals surface area (Å²) in [6, 6.07) is 3.41. The summed E-state index contributed by atoms with van der Waals surface area (Å²) in [6.07, 6.45) is 0. The van der Waals surface area contributed by atoms with Crippen LogP contribution < -0.4 is 14.8 Å². The van der Waals surface area contributed by atoms with Crippen LogP contribution in [0.2, 0.25) is 5.02 Å². The van der Waals surface area contributed by atoms with Crippen molar-refractivity contribution in [3.8, 4) is 11.5 Å². The van der Waals surface area contributed by atoms with E-state index < -0.39 is 0 Å². The number of hydrogen-bond acceptors (Lipinski definition) is 5. The first-order valence-electron chi connectivity index (χ1n) is 8.34. The van der Waals surface area contributed by atoms with Gasteiger partial charge in [0.25, 0.3) is 5.91 Å². The summed E-state index contributed by atoms with van der Waals surface area (Å²) in [5, 5.41) is 3.26. The minimum Gasteiger partial charge on any atom is -0.454 e. The summed E-state index contributed by atoms with van der Waals surface area (Å²) in [7, 11) is 0. The Hall–Kier alpha value is -1.99. The molecule has 0 spiro atoms. The molecule has 0 radical (unpaired) electrons. The normalized spacial score (nSPS) is 17.0. The number of ether oxygens (including phenoxy) is 2. The minimum atomic E-state index is -0.0912. The zero-order valence-corrected chi connectivity index (χ0v) is 15.1. The van der Waals surface area contributed by atoms with E-state index in [1.807, 2.05) is 18.7 Å². The molecule has 1 aromatic rings. The number of benzene rings is 1. The highest BCUT2D eigenvalue weighted by Gasteiger charge is 2.26. The Morgan fingerprint density at radius 2 is 1.92 bits per heavy atom. The van der Waals surface area contributed by atoms with E-state index in [0.717, 1.165) is 0 Å². The van der Waals surface area contributed by atoms with E-state index in [2.05, 4.69) is 5.32 Å². The second kappa shape index (κ2) is 7.49. The number of carbonyl (C=O) groups excluding carboxylic acids is 2. The molecule has 2 aliphatic heterocycles. The first-order chi connectivity index (χ1) is 11.9. The van der Waals surface area contributed by atoms with Crippen molar-refractivity contribution < 1.29 is 19.1 Å². The van der Waals surface area contributed by atoms with E-state index in [1.165, 1.54) is 0 Å². The Bertz CT molecular complexity index is 672. The average molecular weight is 368 g/mol. The monoisotopic (exact) mass is 367 g/mol. The number of fused-ring (bicyclic) bond motifs is 1. The number of halogens is 1. The minimum absolute atomic E-state index is 0.0114. The molecule has 3 rings (SSSR count). The molecule has 1 N–H and O–H groups in total. The molecule has 2 aliphatic rings. The zero-order chi connectivity index (χ0) is 18.0. The van der Waals surface area contributed by atoms with Gasteiger partial charge >= 0.3 is 0 Å². The largest absolute Gasteiger partial charge is 0.454 e. The first-order valence-corrected chi connectivity index (χ1v) is 8.72. The van der Waals surface area contributed by atoms with E-state index in [9.17, 15) is 9.59 Å². The lowest BCUT2D eigenvalue weighted by atomic mass is 10.1. The summed E-state index contributed by atoms with van der Waals surface area (Å²) in [6.45, 7) is 6.81. The topological polar surface area (TPSA) is 71.1 Å². The van der Waals surface area contributed by atoms with Crippen molar-refractivity contribution in [2.24, 2.45) is 0 Å². The van der Waals surface area contributed by atoms with Crippen molar-refractivity contribution >= 4 is 23.4 Å². The molecule has 0 aromatic heterocycles. The van der Waals surface area contributed by atoms with Crippen molar-refractivity contribution in [3.05, 3.63) is 22.7 Å². The van der Waals surface area contributed by atoms with E-state index in [-0.39, 0.29) is 24.6 Å². The van der Waals surface area contributed by atoms with Gasteiger partial charge in [-0.3, -0.25) is 14.5 Å². The third-order valence-corrected chi connectivity index (χ3v) is 4.43. The van der Waals surface area contributed by atoms with Gasteiger partial charge in [0.15, 0.2) is 11.5 Å². The van der Waals surface area contributed by atoms with Crippen LogP contribution in [0.5, 0.6) is 11.5 Å². The van der Waals surface area contributed by atoms with E-state index in [0.29, 0.717) is 54.8 Å². The molecule has 0 saturated carbocycles. The van der Waals surface area contributed by atoms with Crippen molar-refractivity contribution in [3.63, 3.8) is 0 Å². The van der Waals surface area contributed by atoms with Gasteiger partial charge < -0.3 is 19.7 Å². The molecule has 1 saturated heterocycles. The van der Waals surface area contributed by atoms with Crippen LogP contribution in [-0.2, 0) is 4.79 Å². The van der Waals surface area contributed by atoms with Gasteiger partial charge in [-0.15, -0.1) is 0 Å². The van der Waals surface area contributed by atoms with Crippen molar-refractivity contribution in [2.75, 3.05) is 39.5 Å². The highest BCUT2D eigenvalue weighted by atomic mass is 35.5. The Balaban J connectivity index is 1.57. The Morgan fingerprint density at radius 1 is 1.20 bits per heavy atom. The predicted molar refractivity (Wildman–Crippen MR) is 93.2 cm³/mol. The summed E-state index contributed by atoms with van der Waals surface area (Å²) in [4.78, 5) is 28.3. The number of rotatable bonds is 4. The number of hydrogen-bond donors (Lipinski definition) is 1. The van der Waals surface area contributed by atoms with Crippen LogP contribution in [0.1, 0.15) is 24.2 Å². The molecule has 7 nitrogen and oxygen atoms in total. The number of carbonyl (C=O) groups is 2. The van der Waals surface area contributed by atoms with E-state index in [4.69, 9.17) is 21.1 Å². The molecular weight excluding hydrogens is 346 g/mol. The third-order valence-electron chi connectivity index (χ3n) is 4.15. The molecule has 8 heteroatoms. The molecule has 0 bridgehead atoms. The zero-order valence-electron chi connectivity index (χ0n) is 14.4. The molecule has 136 valence electrons. The quantitative estimate of drug-likeness (QED) is 0.869. The fourth-order valence-electron chi connectivity index (χ4n) is 2.95. The van der Waals surface area contributed by atoms with Gasteiger partial charge in [-0.2, -0.15) is 0 Å². The lowest BCUT2D eigenvalue weighted by Crippen LogP contribution is -2.51. The summed E-state index contributed by atoms with van der Waals surface area (Å²) < 4.78 is 10.6. The highest BCUT2D eigenvalue weighted by molar-refractivity contribution is 6.32. The Morgan fingerprint density at radius 3 is 2.60 bits per heavy atom. The number of nitrogens with zero attached hydrogens (tertiary/aromatic N) is 2. The molecule has 2 amide bonds. The maximum absolute atomic E-state index is 12.7. The summed E-state index contributed by atoms with van der Waals surface area (Å²) >= 11 is 6.15. The molecule has 2 heterocycles. The second-order valence-corrected chi connectivity index (χ2v) is 6.89. The van der Waals surface area contributed by atoms with Gasteiger partial charge in [-0.1, -0.05) is 11.6 Å². The number of nitrogens with one attached hydrogen (secondary N) is 1. The SMILES string of the molecule is CC(C)NC(=O)CN1CCN(C(=O)c2cc(Cl)c3c(c2)OCO3)CC1. The summed E-state index contributed by atoms with van der Waals surface area (Å²) in [5.74, 6) is 0.905. The standard InChI is InChI=1S/C17H22ClN3O4/c1-11(2)19-15(22)9-20-3-5-21(6-4-20)17(23)12-7-13(18)16-14(8-12)24-10-25-16/h7-8,11H,3-6,9-10H2,1-2H3,(H,19,22). The molecule has 0 atom stereocenters. The second-order valence-electron chi connectivity index (χ2n) is 6.48. The van der Waals surface area contributed by atoms with Crippen molar-refractivity contribution in [1.29, 1.82) is 0 Å². The van der Waals surface area contributed by atoms with Crippen LogP contribution in [0.25, 0.3) is 0 Å². The molecule has 0 aliphatic carbocycles. The van der Waals surface area contributed by atoms with Gasteiger partial charge in [-0.25, -0.2) is 0 Å². The van der Waals surface area contributed by atoms with Gasteiger partial charge in [-0.05, 0) is 26.0 Å². The molecule has 0 unspecified atom stereocenters. The third kappa shape index (κ3) is 4.16. The van der Waals surface area contributed by atoms with Crippen molar-refractivity contribution in [2.45, 2.75) is 19.9 Å². The number of piperazine rings is 1. The smallest absolute Gasteiger partial charge is 0.254 e. The fourth-order valence-corrected chi connectivity index (χ4v) is 3.22. The molecule has 1 fully saturated rings. The van der Waals surface area contributed by atoms with Gasteiger partial charge in [0, 0.05) is 37.8 Å². The molecule has 1 aromatic carbocycles. The molecule has 25 heavy (non-hydrogen) atoms. The Labute approximate surface area is 151 Å².